The van der Waals surface area contributed by atoms with Crippen LogP contribution in [0.1, 0.15) is 11.1 Å². The third-order valence-electron chi connectivity index (χ3n) is 3.13. The molecule has 1 heterocycles. The van der Waals surface area contributed by atoms with Crippen molar-refractivity contribution < 1.29 is 4.79 Å². The Bertz CT molecular complexity index is 754. The van der Waals surface area contributed by atoms with Crippen LogP contribution in [-0.4, -0.2) is 11.6 Å². The molecule has 5 heteroatoms. The minimum Gasteiger partial charge on any atom is -0.319 e. The van der Waals surface area contributed by atoms with Gasteiger partial charge < -0.3 is 5.32 Å². The lowest BCUT2D eigenvalue weighted by molar-refractivity contribution is -0.110. The third-order valence-corrected chi connectivity index (χ3v) is 3.68. The molecule has 0 aromatic heterocycles. The fourth-order valence-corrected chi connectivity index (χ4v) is 2.47. The summed E-state index contributed by atoms with van der Waals surface area (Å²) in [6, 6.07) is 10.7. The predicted octanol–water partition coefficient (Wildman–Crippen LogP) is 4.37. The lowest BCUT2D eigenvalue weighted by Gasteiger charge is -2.02. The number of carbonyl (C=O) groups excluding carboxylic acids is 1. The quantitative estimate of drug-likeness (QED) is 0.835. The lowest BCUT2D eigenvalue weighted by Crippen LogP contribution is -2.14. The van der Waals surface area contributed by atoms with Crippen LogP contribution in [0, 0.1) is 6.92 Å². The summed E-state index contributed by atoms with van der Waals surface area (Å²) in [4.78, 5) is 16.5. The zero-order valence-corrected chi connectivity index (χ0v) is 12.1. The molecule has 0 saturated heterocycles. The number of para-hydroxylation sites is 1. The molecule has 0 radical (unpaired) electrons. The van der Waals surface area contributed by atoms with Crippen molar-refractivity contribution in [1.29, 1.82) is 0 Å². The Kier molecular flexibility index (Phi) is 3.24. The minimum absolute atomic E-state index is 0.257. The van der Waals surface area contributed by atoms with E-state index in [2.05, 4.69) is 10.3 Å². The first-order valence-corrected chi connectivity index (χ1v) is 6.77. The number of hydrogen-bond acceptors (Lipinski definition) is 2. The second kappa shape index (κ2) is 4.93. The highest BCUT2D eigenvalue weighted by Gasteiger charge is 2.27. The standard InChI is InChI=1S/C15H10Cl2N2O/c1-8-5-6-9(16)7-12(8)18-14-10-3-2-4-11(17)13(10)19-15(14)20/h2-7H,1H3,(H,18,19,20). The fourth-order valence-electron chi connectivity index (χ4n) is 2.08. The van der Waals surface area contributed by atoms with E-state index in [-0.39, 0.29) is 5.91 Å². The van der Waals surface area contributed by atoms with Gasteiger partial charge in [-0.1, -0.05) is 41.4 Å². The van der Waals surface area contributed by atoms with Gasteiger partial charge in [-0.3, -0.25) is 4.79 Å². The highest BCUT2D eigenvalue weighted by Crippen LogP contribution is 2.33. The Morgan fingerprint density at radius 2 is 1.95 bits per heavy atom. The number of halogens is 2. The summed E-state index contributed by atoms with van der Waals surface area (Å²) >= 11 is 12.0. The molecule has 0 spiro atoms. The minimum atomic E-state index is -0.257. The third kappa shape index (κ3) is 2.19. The van der Waals surface area contributed by atoms with E-state index in [1.54, 1.807) is 24.3 Å². The molecule has 3 nitrogen and oxygen atoms in total. The molecular formula is C15H10Cl2N2O. The molecule has 0 saturated carbocycles. The molecule has 2 aromatic carbocycles. The molecule has 1 amide bonds. The molecule has 1 N–H and O–H groups in total. The number of benzene rings is 2. The number of rotatable bonds is 1. The number of amides is 1. The van der Waals surface area contributed by atoms with Gasteiger partial charge in [0.05, 0.1) is 16.4 Å². The van der Waals surface area contributed by atoms with E-state index in [0.717, 1.165) is 5.56 Å². The maximum atomic E-state index is 12.1. The Balaban J connectivity index is 2.16. The Morgan fingerprint density at radius 3 is 2.75 bits per heavy atom. The number of carbonyl (C=O) groups is 1. The van der Waals surface area contributed by atoms with Crippen molar-refractivity contribution in [1.82, 2.24) is 0 Å². The van der Waals surface area contributed by atoms with Crippen LogP contribution in [0.15, 0.2) is 41.4 Å². The summed E-state index contributed by atoms with van der Waals surface area (Å²) in [5.41, 5.74) is 3.30. The monoisotopic (exact) mass is 304 g/mol. The molecule has 0 fully saturated rings. The Morgan fingerprint density at radius 1 is 1.15 bits per heavy atom. The average molecular weight is 305 g/mol. The van der Waals surface area contributed by atoms with Crippen molar-refractivity contribution in [3.63, 3.8) is 0 Å². The van der Waals surface area contributed by atoms with Gasteiger partial charge in [0.1, 0.15) is 5.71 Å². The number of aryl methyl sites for hydroxylation is 1. The maximum absolute atomic E-state index is 12.1. The van der Waals surface area contributed by atoms with Gasteiger partial charge in [-0.15, -0.1) is 0 Å². The van der Waals surface area contributed by atoms with E-state index in [1.807, 2.05) is 19.1 Å². The van der Waals surface area contributed by atoms with Crippen molar-refractivity contribution in [2.45, 2.75) is 6.92 Å². The number of aliphatic imine (C=N–C) groups is 1. The molecule has 20 heavy (non-hydrogen) atoms. The molecule has 3 rings (SSSR count). The first kappa shape index (κ1) is 13.2. The molecule has 1 aliphatic heterocycles. The summed E-state index contributed by atoms with van der Waals surface area (Å²) in [5, 5.41) is 3.82. The van der Waals surface area contributed by atoms with Crippen molar-refractivity contribution in [3.8, 4) is 0 Å². The summed E-state index contributed by atoms with van der Waals surface area (Å²) in [6.45, 7) is 1.92. The van der Waals surface area contributed by atoms with E-state index in [0.29, 0.717) is 32.7 Å². The molecule has 100 valence electrons. The van der Waals surface area contributed by atoms with Gasteiger partial charge in [0.2, 0.25) is 0 Å². The number of fused-ring (bicyclic) bond motifs is 1. The van der Waals surface area contributed by atoms with E-state index >= 15 is 0 Å². The van der Waals surface area contributed by atoms with Gasteiger partial charge in [0.15, 0.2) is 0 Å². The topological polar surface area (TPSA) is 41.5 Å². The van der Waals surface area contributed by atoms with Gasteiger partial charge in [-0.25, -0.2) is 4.99 Å². The highest BCUT2D eigenvalue weighted by atomic mass is 35.5. The van der Waals surface area contributed by atoms with Crippen molar-refractivity contribution in [3.05, 3.63) is 57.6 Å². The molecule has 2 aromatic rings. The molecule has 0 bridgehead atoms. The smallest absolute Gasteiger partial charge is 0.275 e. The largest absolute Gasteiger partial charge is 0.319 e. The average Bonchev–Trinajstić information content (AvgIpc) is 2.73. The van der Waals surface area contributed by atoms with Gasteiger partial charge in [0, 0.05) is 10.6 Å². The number of nitrogens with one attached hydrogen (secondary N) is 1. The van der Waals surface area contributed by atoms with Gasteiger partial charge in [0.25, 0.3) is 5.91 Å². The number of nitrogens with zero attached hydrogens (tertiary/aromatic N) is 1. The van der Waals surface area contributed by atoms with Crippen LogP contribution in [0.5, 0.6) is 0 Å². The first-order chi connectivity index (χ1) is 9.56. The summed E-state index contributed by atoms with van der Waals surface area (Å²) in [7, 11) is 0. The van der Waals surface area contributed by atoms with E-state index in [9.17, 15) is 4.79 Å². The van der Waals surface area contributed by atoms with E-state index in [1.165, 1.54) is 0 Å². The SMILES string of the molecule is Cc1ccc(Cl)cc1N=C1C(=O)Nc2c(Cl)cccc21. The molecule has 0 atom stereocenters. The van der Waals surface area contributed by atoms with Crippen molar-refractivity contribution in [2.75, 3.05) is 5.32 Å². The van der Waals surface area contributed by atoms with Crippen LogP contribution in [0.3, 0.4) is 0 Å². The lowest BCUT2D eigenvalue weighted by atomic mass is 10.1. The van der Waals surface area contributed by atoms with Crippen molar-refractivity contribution in [2.24, 2.45) is 4.99 Å². The Labute approximate surface area is 126 Å². The van der Waals surface area contributed by atoms with Crippen molar-refractivity contribution >= 4 is 46.2 Å². The van der Waals surface area contributed by atoms with Crippen LogP contribution in [0.25, 0.3) is 0 Å². The molecular weight excluding hydrogens is 295 g/mol. The maximum Gasteiger partial charge on any atom is 0.275 e. The van der Waals surface area contributed by atoms with Crippen LogP contribution in [0.4, 0.5) is 11.4 Å². The molecule has 0 unspecified atom stereocenters. The Hall–Kier alpha value is -1.84. The number of hydrogen-bond donors (Lipinski definition) is 1. The van der Waals surface area contributed by atoms with Crippen LogP contribution in [-0.2, 0) is 4.79 Å². The molecule has 0 aliphatic carbocycles. The fraction of sp³-hybridized carbons (Fsp3) is 0.0667. The first-order valence-electron chi connectivity index (χ1n) is 6.01. The summed E-state index contributed by atoms with van der Waals surface area (Å²) in [5.74, 6) is -0.257. The van der Waals surface area contributed by atoms with Crippen LogP contribution >= 0.6 is 23.2 Å². The zero-order chi connectivity index (χ0) is 14.3. The van der Waals surface area contributed by atoms with E-state index in [4.69, 9.17) is 23.2 Å². The van der Waals surface area contributed by atoms with Gasteiger partial charge in [-0.05, 0) is 30.7 Å². The second-order valence-electron chi connectivity index (χ2n) is 4.51. The van der Waals surface area contributed by atoms with Crippen LogP contribution in [0.2, 0.25) is 10.0 Å². The van der Waals surface area contributed by atoms with Crippen LogP contribution < -0.4 is 5.32 Å². The normalized spacial score (nSPS) is 15.3. The van der Waals surface area contributed by atoms with E-state index < -0.39 is 0 Å². The van der Waals surface area contributed by atoms with Gasteiger partial charge in [-0.2, -0.15) is 0 Å². The summed E-state index contributed by atoms with van der Waals surface area (Å²) < 4.78 is 0. The zero-order valence-electron chi connectivity index (χ0n) is 10.6. The predicted molar refractivity (Wildman–Crippen MR) is 82.5 cm³/mol. The molecule has 1 aliphatic rings. The summed E-state index contributed by atoms with van der Waals surface area (Å²) in [6.07, 6.45) is 0. The van der Waals surface area contributed by atoms with Gasteiger partial charge >= 0.3 is 0 Å². The second-order valence-corrected chi connectivity index (χ2v) is 5.35. The highest BCUT2D eigenvalue weighted by molar-refractivity contribution is 6.55. The number of anilines is 1.